The topological polar surface area (TPSA) is 49.4 Å². The molecule has 3 rings (SSSR count). The maximum atomic E-state index is 13.9. The van der Waals surface area contributed by atoms with E-state index in [2.05, 4.69) is 11.4 Å². The molecular weight excluding hydrogens is 307 g/mol. The fraction of sp³-hybridized carbons (Fsp3) is 0.474. The van der Waals surface area contributed by atoms with Crippen molar-refractivity contribution in [1.29, 1.82) is 0 Å². The number of carbonyl (C=O) groups excluding carboxylic acids is 2. The zero-order chi connectivity index (χ0) is 16.9. The molecule has 24 heavy (non-hydrogen) atoms. The van der Waals surface area contributed by atoms with Crippen LogP contribution >= 0.6 is 0 Å². The smallest absolute Gasteiger partial charge is 0.227 e. The Hall–Kier alpha value is -2.17. The minimum Gasteiger partial charge on any atom is -0.355 e. The van der Waals surface area contributed by atoms with Crippen molar-refractivity contribution >= 4 is 17.5 Å². The van der Waals surface area contributed by atoms with E-state index in [-0.39, 0.29) is 30.5 Å². The van der Waals surface area contributed by atoms with Gasteiger partial charge in [0.15, 0.2) is 0 Å². The number of halogens is 1. The zero-order valence-electron chi connectivity index (χ0n) is 13.8. The summed E-state index contributed by atoms with van der Waals surface area (Å²) in [6, 6.07) is 6.18. The lowest BCUT2D eigenvalue weighted by atomic mass is 9.97. The lowest BCUT2D eigenvalue weighted by Crippen LogP contribution is -2.33. The molecular formula is C19H23FN2O2. The van der Waals surface area contributed by atoms with Crippen LogP contribution in [0.4, 0.5) is 10.1 Å². The number of rotatable bonds is 5. The van der Waals surface area contributed by atoms with Gasteiger partial charge in [0.05, 0.1) is 11.6 Å². The molecule has 1 aliphatic carbocycles. The Balaban J connectivity index is 1.52. The summed E-state index contributed by atoms with van der Waals surface area (Å²) in [6.07, 6.45) is 8.04. The van der Waals surface area contributed by atoms with Gasteiger partial charge in [0.1, 0.15) is 5.82 Å². The normalized spacial score (nSPS) is 20.9. The summed E-state index contributed by atoms with van der Waals surface area (Å²) < 4.78 is 13.9. The van der Waals surface area contributed by atoms with Crippen LogP contribution in [0, 0.1) is 11.7 Å². The highest BCUT2D eigenvalue weighted by Crippen LogP contribution is 2.27. The molecule has 5 heteroatoms. The molecule has 4 nitrogen and oxygen atoms in total. The summed E-state index contributed by atoms with van der Waals surface area (Å²) in [4.78, 5) is 25.8. The third-order valence-corrected chi connectivity index (χ3v) is 4.77. The molecule has 0 saturated carbocycles. The Bertz CT molecular complexity index is 657. The van der Waals surface area contributed by atoms with Crippen molar-refractivity contribution in [3.8, 4) is 0 Å². The maximum Gasteiger partial charge on any atom is 0.227 e. The van der Waals surface area contributed by atoms with Crippen molar-refractivity contribution in [1.82, 2.24) is 5.32 Å². The number of carbonyl (C=O) groups is 2. The first kappa shape index (κ1) is 16.7. The number of para-hydroxylation sites is 1. The molecule has 128 valence electrons. The van der Waals surface area contributed by atoms with Crippen molar-refractivity contribution in [2.75, 3.05) is 18.0 Å². The second-order valence-electron chi connectivity index (χ2n) is 6.51. The third-order valence-electron chi connectivity index (χ3n) is 4.77. The van der Waals surface area contributed by atoms with Crippen LogP contribution in [0.15, 0.2) is 35.9 Å². The SMILES string of the molecule is O=C(NCCC1=CCCCC1)C1CC(=O)N(c2ccccc2F)C1. The second-order valence-corrected chi connectivity index (χ2v) is 6.51. The molecule has 0 spiro atoms. The highest BCUT2D eigenvalue weighted by molar-refractivity contribution is 6.00. The van der Waals surface area contributed by atoms with Crippen LogP contribution in [0.2, 0.25) is 0 Å². The lowest BCUT2D eigenvalue weighted by Gasteiger charge is -2.17. The summed E-state index contributed by atoms with van der Waals surface area (Å²) in [5, 5.41) is 2.93. The van der Waals surface area contributed by atoms with E-state index < -0.39 is 11.7 Å². The predicted molar refractivity (Wildman–Crippen MR) is 91.0 cm³/mol. The Kier molecular flexibility index (Phi) is 5.28. The molecule has 1 unspecified atom stereocenters. The first-order valence-corrected chi connectivity index (χ1v) is 8.65. The van der Waals surface area contributed by atoms with Gasteiger partial charge in [-0.3, -0.25) is 9.59 Å². The molecule has 1 aromatic carbocycles. The maximum absolute atomic E-state index is 13.9. The first-order valence-electron chi connectivity index (χ1n) is 8.65. The van der Waals surface area contributed by atoms with Gasteiger partial charge in [0, 0.05) is 19.5 Å². The van der Waals surface area contributed by atoms with Crippen molar-refractivity contribution in [3.05, 3.63) is 41.7 Å². The Morgan fingerprint density at radius 2 is 2.12 bits per heavy atom. The second kappa shape index (κ2) is 7.60. The average molecular weight is 330 g/mol. The molecule has 2 amide bonds. The van der Waals surface area contributed by atoms with Crippen LogP contribution in [0.5, 0.6) is 0 Å². The van der Waals surface area contributed by atoms with Crippen LogP contribution in [0.1, 0.15) is 38.5 Å². The first-order chi connectivity index (χ1) is 11.6. The van der Waals surface area contributed by atoms with Gasteiger partial charge in [0.2, 0.25) is 11.8 Å². The van der Waals surface area contributed by atoms with E-state index in [4.69, 9.17) is 0 Å². The van der Waals surface area contributed by atoms with E-state index in [9.17, 15) is 14.0 Å². The van der Waals surface area contributed by atoms with Gasteiger partial charge in [0.25, 0.3) is 0 Å². The van der Waals surface area contributed by atoms with E-state index in [1.807, 2.05) is 0 Å². The lowest BCUT2D eigenvalue weighted by molar-refractivity contribution is -0.126. The number of anilines is 1. The third kappa shape index (κ3) is 3.83. The summed E-state index contributed by atoms with van der Waals surface area (Å²) in [6.45, 7) is 0.851. The fourth-order valence-electron chi connectivity index (χ4n) is 3.41. The number of benzene rings is 1. The van der Waals surface area contributed by atoms with Crippen LogP contribution in [0.3, 0.4) is 0 Å². The number of nitrogens with zero attached hydrogens (tertiary/aromatic N) is 1. The van der Waals surface area contributed by atoms with Crippen LogP contribution in [0.25, 0.3) is 0 Å². The molecule has 1 aromatic rings. The van der Waals surface area contributed by atoms with Gasteiger partial charge in [-0.25, -0.2) is 4.39 Å². The van der Waals surface area contributed by atoms with Gasteiger partial charge < -0.3 is 10.2 Å². The van der Waals surface area contributed by atoms with Gasteiger partial charge in [-0.05, 0) is 44.2 Å². The number of nitrogens with one attached hydrogen (secondary N) is 1. The van der Waals surface area contributed by atoms with Crippen molar-refractivity contribution < 1.29 is 14.0 Å². The molecule has 1 aliphatic heterocycles. The highest BCUT2D eigenvalue weighted by atomic mass is 19.1. The van der Waals surface area contributed by atoms with Crippen molar-refractivity contribution in [2.45, 2.75) is 38.5 Å². The summed E-state index contributed by atoms with van der Waals surface area (Å²) >= 11 is 0. The van der Waals surface area contributed by atoms with Crippen LogP contribution in [-0.2, 0) is 9.59 Å². The van der Waals surface area contributed by atoms with E-state index in [1.54, 1.807) is 18.2 Å². The number of hydrogen-bond acceptors (Lipinski definition) is 2. The van der Waals surface area contributed by atoms with E-state index in [1.165, 1.54) is 29.4 Å². The molecule has 1 N–H and O–H groups in total. The molecule has 0 radical (unpaired) electrons. The van der Waals surface area contributed by atoms with Crippen LogP contribution < -0.4 is 10.2 Å². The van der Waals surface area contributed by atoms with Crippen molar-refractivity contribution in [3.63, 3.8) is 0 Å². The highest BCUT2D eigenvalue weighted by Gasteiger charge is 2.35. The number of hydrogen-bond donors (Lipinski definition) is 1. The Morgan fingerprint density at radius 3 is 2.88 bits per heavy atom. The number of amides is 2. The van der Waals surface area contributed by atoms with Gasteiger partial charge >= 0.3 is 0 Å². The van der Waals surface area contributed by atoms with Gasteiger partial charge in [-0.2, -0.15) is 0 Å². The van der Waals surface area contributed by atoms with Gasteiger partial charge in [-0.1, -0.05) is 23.8 Å². The molecule has 1 fully saturated rings. The van der Waals surface area contributed by atoms with Crippen molar-refractivity contribution in [2.24, 2.45) is 5.92 Å². The Labute approximate surface area is 141 Å². The molecule has 1 atom stereocenters. The minimum atomic E-state index is -0.434. The molecule has 1 heterocycles. The molecule has 2 aliphatic rings. The largest absolute Gasteiger partial charge is 0.355 e. The molecule has 0 aromatic heterocycles. The fourth-order valence-corrected chi connectivity index (χ4v) is 3.41. The predicted octanol–water partition coefficient (Wildman–Crippen LogP) is 3.19. The van der Waals surface area contributed by atoms with Gasteiger partial charge in [-0.15, -0.1) is 0 Å². The summed E-state index contributed by atoms with van der Waals surface area (Å²) in [7, 11) is 0. The average Bonchev–Trinajstić information content (AvgIpc) is 2.98. The summed E-state index contributed by atoms with van der Waals surface area (Å²) in [5.74, 6) is -1.15. The molecule has 1 saturated heterocycles. The van der Waals surface area contributed by atoms with E-state index in [0.717, 1.165) is 19.3 Å². The van der Waals surface area contributed by atoms with E-state index >= 15 is 0 Å². The minimum absolute atomic E-state index is 0.112. The van der Waals surface area contributed by atoms with Crippen LogP contribution in [-0.4, -0.2) is 24.9 Å². The standard InChI is InChI=1S/C19H23FN2O2/c20-16-8-4-5-9-17(16)22-13-15(12-18(22)23)19(24)21-11-10-14-6-2-1-3-7-14/h4-6,8-9,15H,1-3,7,10-13H2,(H,21,24). The quantitative estimate of drug-likeness (QED) is 0.843. The summed E-state index contributed by atoms with van der Waals surface area (Å²) in [5.41, 5.74) is 1.67. The monoisotopic (exact) mass is 330 g/mol. The number of allylic oxidation sites excluding steroid dienone is 1. The Morgan fingerprint density at radius 1 is 1.29 bits per heavy atom. The van der Waals surface area contributed by atoms with E-state index in [0.29, 0.717) is 6.54 Å². The zero-order valence-corrected chi connectivity index (χ0v) is 13.8. The molecule has 0 bridgehead atoms.